The van der Waals surface area contributed by atoms with E-state index in [1.54, 1.807) is 0 Å². The molecule has 1 aromatic heterocycles. The van der Waals surface area contributed by atoms with Gasteiger partial charge in [-0.25, -0.2) is 4.98 Å². The molecule has 352 valence electrons. The van der Waals surface area contributed by atoms with Crippen LogP contribution in [-0.4, -0.2) is 172 Å². The zero-order chi connectivity index (χ0) is 47.6. The first-order chi connectivity index (χ1) is 29.7. The minimum Gasteiger partial charge on any atom is -0.394 e. The Morgan fingerprint density at radius 3 is 1.38 bits per heavy atom. The highest BCUT2D eigenvalue weighted by atomic mass is 16.3. The van der Waals surface area contributed by atoms with Gasteiger partial charge in [0, 0.05) is 51.8 Å². The minimum absolute atomic E-state index is 0.00804. The molecule has 0 bridgehead atoms. The van der Waals surface area contributed by atoms with Crippen molar-refractivity contribution in [3.8, 4) is 0 Å². The maximum Gasteiger partial charge on any atom is 0.245 e. The average Bonchev–Trinajstić information content (AvgIpc) is 3.73. The van der Waals surface area contributed by atoms with E-state index < -0.39 is 122 Å². The second-order valence-electron chi connectivity index (χ2n) is 13.7. The number of nitrogens with two attached hydrogens (primary N) is 5. The molecule has 1 unspecified atom stereocenters. The average molecular weight is 898 g/mol. The van der Waals surface area contributed by atoms with Crippen molar-refractivity contribution in [1.29, 1.82) is 0 Å². The highest BCUT2D eigenvalue weighted by Gasteiger charge is 2.34. The number of aromatic amines is 1. The molecule has 9 amide bonds. The van der Waals surface area contributed by atoms with Crippen LogP contribution in [0.3, 0.4) is 0 Å². The highest BCUT2D eigenvalue weighted by molar-refractivity contribution is 5.97. The molecule has 29 heteroatoms. The predicted molar refractivity (Wildman–Crippen MR) is 220 cm³/mol. The van der Waals surface area contributed by atoms with Crippen LogP contribution in [0.5, 0.6) is 0 Å². The van der Waals surface area contributed by atoms with Crippen LogP contribution >= 0.6 is 0 Å². The van der Waals surface area contributed by atoms with Gasteiger partial charge in [-0.15, -0.1) is 0 Å². The van der Waals surface area contributed by atoms with Gasteiger partial charge in [-0.05, 0) is 25.7 Å². The predicted octanol–water partition coefficient (Wildman–Crippen LogP) is -9.93. The van der Waals surface area contributed by atoms with Gasteiger partial charge in [0.1, 0.15) is 42.3 Å². The summed E-state index contributed by atoms with van der Waals surface area (Å²) in [5.74, 6) is -9.11. The fourth-order valence-electron chi connectivity index (χ4n) is 5.35. The number of carbonyl (C=O) groups excluding carboxylic acids is 9. The van der Waals surface area contributed by atoms with Gasteiger partial charge in [-0.3, -0.25) is 53.1 Å². The lowest BCUT2D eigenvalue weighted by molar-refractivity contribution is -0.136. The molecule has 0 spiro atoms. The van der Waals surface area contributed by atoms with Crippen molar-refractivity contribution >= 4 is 65.1 Å². The molecule has 22 N–H and O–H groups in total. The van der Waals surface area contributed by atoms with Crippen LogP contribution in [0, 0.1) is 0 Å². The fourth-order valence-corrected chi connectivity index (χ4v) is 5.35. The number of H-pyrrole nitrogens is 1. The molecule has 0 fully saturated rings. The van der Waals surface area contributed by atoms with E-state index in [4.69, 9.17) is 28.7 Å². The summed E-state index contributed by atoms with van der Waals surface area (Å²) in [6.45, 7) is -1.34. The molecule has 1 aromatic rings. The van der Waals surface area contributed by atoms with E-state index in [-0.39, 0.29) is 62.8 Å². The first-order valence-electron chi connectivity index (χ1n) is 19.3. The molecule has 0 saturated carbocycles. The van der Waals surface area contributed by atoms with Crippen molar-refractivity contribution in [2.75, 3.05) is 39.5 Å². The van der Waals surface area contributed by atoms with Gasteiger partial charge in [-0.2, -0.15) is 0 Å². The van der Waals surface area contributed by atoms with Gasteiger partial charge in [0.25, 0.3) is 0 Å². The Balaban J connectivity index is 3.45. The van der Waals surface area contributed by atoms with Crippen molar-refractivity contribution < 1.29 is 58.5 Å². The topological polar surface area (TPSA) is 494 Å². The minimum atomic E-state index is -1.86. The molecule has 1 heterocycles. The third kappa shape index (κ3) is 21.3. The van der Waals surface area contributed by atoms with Gasteiger partial charge in [-0.1, -0.05) is 0 Å². The van der Waals surface area contributed by atoms with Crippen LogP contribution < -0.4 is 71.2 Å². The lowest BCUT2D eigenvalue weighted by Gasteiger charge is -2.27. The van der Waals surface area contributed by atoms with Crippen LogP contribution in [0.1, 0.15) is 45.2 Å². The number of carbonyl (C=O) groups is 9. The molecule has 7 atom stereocenters. The number of rotatable bonds is 29. The van der Waals surface area contributed by atoms with Crippen LogP contribution in [-0.2, 0) is 49.6 Å². The van der Waals surface area contributed by atoms with Gasteiger partial charge >= 0.3 is 0 Å². The summed E-state index contributed by atoms with van der Waals surface area (Å²) in [4.78, 5) is 130. The summed E-state index contributed by atoms with van der Waals surface area (Å²) in [6.07, 6.45) is 2.65. The molecule has 0 aliphatic heterocycles. The summed E-state index contributed by atoms with van der Waals surface area (Å²) in [7, 11) is 0. The van der Waals surface area contributed by atoms with Gasteiger partial charge in [0.15, 0.2) is 11.9 Å². The van der Waals surface area contributed by atoms with Crippen LogP contribution in [0.4, 0.5) is 0 Å². The first-order valence-corrected chi connectivity index (χ1v) is 19.3. The van der Waals surface area contributed by atoms with E-state index >= 15 is 0 Å². The zero-order valence-corrected chi connectivity index (χ0v) is 34.7. The SMILES string of the molecule is CC(=O)N[C@@H](CCCN=C(N)N)C(=O)N[C@@H](CO)C(=O)NCC(NC(=O)[C@H](CO)NC(=O)[C@H](CCCN=C(N)N)NC(C)=O)C(=O)N[C@@H](Cc1cnc[nH]1)C(=O)N[C@@H](CO)C(N)=O. The van der Waals surface area contributed by atoms with E-state index in [1.165, 1.54) is 12.5 Å². The number of aliphatic hydroxyl groups excluding tert-OH is 3. The summed E-state index contributed by atoms with van der Waals surface area (Å²) in [5, 5.41) is 48.2. The van der Waals surface area contributed by atoms with Crippen LogP contribution in [0.15, 0.2) is 22.5 Å². The quantitative estimate of drug-likeness (QED) is 0.0202. The van der Waals surface area contributed by atoms with Crippen molar-refractivity contribution in [1.82, 2.24) is 52.5 Å². The lowest BCUT2D eigenvalue weighted by atomic mass is 10.1. The highest BCUT2D eigenvalue weighted by Crippen LogP contribution is 2.04. The molecule has 0 saturated heterocycles. The summed E-state index contributed by atoms with van der Waals surface area (Å²) in [5.41, 5.74) is 26.8. The number of primary amides is 1. The lowest BCUT2D eigenvalue weighted by Crippen LogP contribution is -2.62. The second kappa shape index (κ2) is 28.4. The summed E-state index contributed by atoms with van der Waals surface area (Å²) in [6, 6.07) is -10.9. The van der Waals surface area contributed by atoms with E-state index in [9.17, 15) is 58.5 Å². The second-order valence-corrected chi connectivity index (χ2v) is 13.7. The van der Waals surface area contributed by atoms with Crippen LogP contribution in [0.2, 0.25) is 0 Å². The molecule has 0 radical (unpaired) electrons. The molecule has 0 aliphatic carbocycles. The van der Waals surface area contributed by atoms with Crippen molar-refractivity contribution in [3.63, 3.8) is 0 Å². The number of guanidine groups is 2. The Bertz CT molecular complexity index is 1770. The normalized spacial score (nSPS) is 14.0. The van der Waals surface area contributed by atoms with Gasteiger partial charge in [0.05, 0.1) is 26.1 Å². The Kier molecular flexibility index (Phi) is 24.3. The van der Waals surface area contributed by atoms with E-state index in [2.05, 4.69) is 62.5 Å². The Morgan fingerprint density at radius 1 is 0.571 bits per heavy atom. The Labute approximate surface area is 360 Å². The number of aliphatic imine (C=N–C) groups is 2. The molecular formula is C34H59N17O12. The number of hydrogen-bond acceptors (Lipinski definition) is 15. The standard InChI is InChI=1S/C34H59N17O12/c1-16(55)45-19(5-3-7-41-33(36)37)28(59)50-24(13-53)27(58)43-11-22(31(62)47-21(9-18-10-40-15-44-18)30(61)49-23(12-52)26(35)57)48-32(63)25(14-54)51-29(60)20(46-17(2)56)6-4-8-42-34(38)39/h10,15,19-25,52-54H,3-9,11-14H2,1-2H3,(H2,35,57)(H,40,44)(H,43,58)(H,45,55)(H,46,56)(H,47,62)(H,48,63)(H,49,61)(H,50,59)(H,51,60)(H4,36,37,41)(H4,38,39,42)/t19-,20-,21-,22?,23-,24-,25-/m0/s1. The third-order valence-corrected chi connectivity index (χ3v) is 8.48. The van der Waals surface area contributed by atoms with Crippen LogP contribution in [0.25, 0.3) is 0 Å². The molecule has 63 heavy (non-hydrogen) atoms. The summed E-state index contributed by atoms with van der Waals surface area (Å²) >= 11 is 0. The largest absolute Gasteiger partial charge is 0.394 e. The monoisotopic (exact) mass is 897 g/mol. The first kappa shape index (κ1) is 53.9. The molecule has 0 aromatic carbocycles. The van der Waals surface area contributed by atoms with Gasteiger partial charge in [0.2, 0.25) is 53.2 Å². The number of aliphatic hydroxyl groups is 3. The number of hydrogen-bond donors (Lipinski definition) is 17. The van der Waals surface area contributed by atoms with Crippen molar-refractivity contribution in [3.05, 3.63) is 18.2 Å². The number of imidazole rings is 1. The third-order valence-electron chi connectivity index (χ3n) is 8.48. The molecule has 1 rings (SSSR count). The van der Waals surface area contributed by atoms with Crippen molar-refractivity contribution in [2.45, 2.75) is 88.2 Å². The fraction of sp³-hybridized carbons (Fsp3) is 0.588. The Hall–Kier alpha value is -7.14. The van der Waals surface area contributed by atoms with E-state index in [1.807, 2.05) is 0 Å². The molecule has 29 nitrogen and oxygen atoms in total. The number of amides is 9. The molecule has 0 aliphatic rings. The molecular weight excluding hydrogens is 838 g/mol. The van der Waals surface area contributed by atoms with Gasteiger partial charge < -0.3 is 91.5 Å². The smallest absolute Gasteiger partial charge is 0.245 e. The number of nitrogens with zero attached hydrogens (tertiary/aromatic N) is 3. The zero-order valence-electron chi connectivity index (χ0n) is 34.7. The maximum absolute atomic E-state index is 13.9. The summed E-state index contributed by atoms with van der Waals surface area (Å²) < 4.78 is 0. The van der Waals surface area contributed by atoms with E-state index in [0.717, 1.165) is 13.8 Å². The Morgan fingerprint density at radius 2 is 0.968 bits per heavy atom. The van der Waals surface area contributed by atoms with E-state index in [0.29, 0.717) is 0 Å². The maximum atomic E-state index is 13.9. The van der Waals surface area contributed by atoms with Crippen molar-refractivity contribution in [2.24, 2.45) is 38.7 Å². The number of aromatic nitrogens is 2. The number of nitrogens with one attached hydrogen (secondary N) is 9.